The summed E-state index contributed by atoms with van der Waals surface area (Å²) in [5, 5.41) is 10.5. The molecule has 4 rings (SSSR count). The number of piperidine rings is 3. The van der Waals surface area contributed by atoms with Gasteiger partial charge in [-0.2, -0.15) is 0 Å². The SMILES string of the molecule is CC(C)Cc1cc(CNC(=O)[C@H]2[C@@H]3CNC[C@@H](C3)[C@@H]3CCCC(=O)N32)on1.Cl. The van der Waals surface area contributed by atoms with E-state index in [1.165, 1.54) is 0 Å². The normalized spacial score (nSPS) is 29.2. The first-order valence-corrected chi connectivity index (χ1v) is 10.3. The van der Waals surface area contributed by atoms with Crippen LogP contribution < -0.4 is 10.6 Å². The Hall–Kier alpha value is -1.60. The van der Waals surface area contributed by atoms with Gasteiger partial charge >= 0.3 is 0 Å². The molecule has 0 unspecified atom stereocenters. The van der Waals surface area contributed by atoms with Gasteiger partial charge in [0.25, 0.3) is 0 Å². The van der Waals surface area contributed by atoms with Crippen LogP contribution in [0.1, 0.15) is 51.0 Å². The number of rotatable bonds is 5. The van der Waals surface area contributed by atoms with Gasteiger partial charge in [-0.1, -0.05) is 19.0 Å². The van der Waals surface area contributed by atoms with Crippen LogP contribution in [0.25, 0.3) is 0 Å². The third-order valence-electron chi connectivity index (χ3n) is 6.18. The summed E-state index contributed by atoms with van der Waals surface area (Å²) in [6, 6.07) is 1.74. The van der Waals surface area contributed by atoms with Crippen molar-refractivity contribution in [2.75, 3.05) is 13.1 Å². The van der Waals surface area contributed by atoms with E-state index in [9.17, 15) is 9.59 Å². The number of aromatic nitrogens is 1. The minimum absolute atomic E-state index is 0. The average molecular weight is 411 g/mol. The molecule has 0 saturated carbocycles. The third-order valence-corrected chi connectivity index (χ3v) is 6.18. The fourth-order valence-corrected chi connectivity index (χ4v) is 5.08. The maximum atomic E-state index is 13.1. The molecule has 3 fully saturated rings. The Kier molecular flexibility index (Phi) is 6.65. The first-order chi connectivity index (χ1) is 13.0. The molecule has 0 spiro atoms. The van der Waals surface area contributed by atoms with Crippen molar-refractivity contribution < 1.29 is 14.1 Å². The molecule has 2 N–H and O–H groups in total. The van der Waals surface area contributed by atoms with E-state index in [2.05, 4.69) is 29.6 Å². The van der Waals surface area contributed by atoms with Crippen molar-refractivity contribution in [2.24, 2.45) is 17.8 Å². The minimum atomic E-state index is -0.370. The Morgan fingerprint density at radius 3 is 2.96 bits per heavy atom. The van der Waals surface area contributed by atoms with Crippen molar-refractivity contribution in [3.05, 3.63) is 17.5 Å². The number of amides is 2. The second-order valence-corrected chi connectivity index (χ2v) is 8.72. The van der Waals surface area contributed by atoms with E-state index in [1.54, 1.807) is 0 Å². The lowest BCUT2D eigenvalue weighted by atomic mass is 9.72. The molecule has 2 bridgehead atoms. The summed E-state index contributed by atoms with van der Waals surface area (Å²) < 4.78 is 5.35. The monoisotopic (exact) mass is 410 g/mol. The molecule has 8 heteroatoms. The van der Waals surface area contributed by atoms with Crippen molar-refractivity contribution in [2.45, 2.75) is 64.6 Å². The van der Waals surface area contributed by atoms with Crippen LogP contribution in [0, 0.1) is 17.8 Å². The number of nitrogens with one attached hydrogen (secondary N) is 2. The molecule has 2 amide bonds. The number of hydrogen-bond donors (Lipinski definition) is 2. The number of nitrogens with zero attached hydrogens (tertiary/aromatic N) is 2. The summed E-state index contributed by atoms with van der Waals surface area (Å²) in [4.78, 5) is 27.6. The molecule has 7 nitrogen and oxygen atoms in total. The molecule has 28 heavy (non-hydrogen) atoms. The largest absolute Gasteiger partial charge is 0.359 e. The molecule has 3 aliphatic heterocycles. The van der Waals surface area contributed by atoms with Crippen LogP contribution in [0.2, 0.25) is 0 Å². The van der Waals surface area contributed by atoms with Crippen LogP contribution >= 0.6 is 12.4 Å². The summed E-state index contributed by atoms with van der Waals surface area (Å²) in [6.07, 6.45) is 4.40. The zero-order chi connectivity index (χ0) is 19.0. The van der Waals surface area contributed by atoms with E-state index in [-0.39, 0.29) is 42.2 Å². The molecular weight excluding hydrogens is 380 g/mol. The molecule has 0 aromatic carbocycles. The maximum Gasteiger partial charge on any atom is 0.243 e. The van der Waals surface area contributed by atoms with Gasteiger partial charge in [0.05, 0.1) is 12.2 Å². The van der Waals surface area contributed by atoms with Crippen molar-refractivity contribution in [1.29, 1.82) is 0 Å². The van der Waals surface area contributed by atoms with Crippen LogP contribution in [0.3, 0.4) is 0 Å². The van der Waals surface area contributed by atoms with Gasteiger partial charge in [-0.05, 0) is 44.1 Å². The van der Waals surface area contributed by atoms with E-state index in [0.717, 1.165) is 44.5 Å². The van der Waals surface area contributed by atoms with Crippen LogP contribution in [0.5, 0.6) is 0 Å². The molecule has 0 aliphatic carbocycles. The van der Waals surface area contributed by atoms with Gasteiger partial charge in [0.1, 0.15) is 6.04 Å². The molecule has 4 atom stereocenters. The topological polar surface area (TPSA) is 87.5 Å². The highest BCUT2D eigenvalue weighted by molar-refractivity contribution is 5.89. The van der Waals surface area contributed by atoms with Crippen molar-refractivity contribution in [1.82, 2.24) is 20.7 Å². The molecular formula is C20H31ClN4O3. The van der Waals surface area contributed by atoms with Gasteiger partial charge in [-0.25, -0.2) is 0 Å². The standard InChI is InChI=1S/C20H30N4O3.ClH/c1-12(2)6-15-8-16(27-23-15)11-22-20(26)19-14-7-13(9-21-10-14)17-4-3-5-18(25)24(17)19;/h8,12-14,17,19,21H,3-7,9-11H2,1-2H3,(H,22,26);1H/t13-,14+,17+,19-;/m1./s1. The maximum absolute atomic E-state index is 13.1. The van der Waals surface area contributed by atoms with Crippen molar-refractivity contribution in [3.63, 3.8) is 0 Å². The van der Waals surface area contributed by atoms with Crippen LogP contribution in [0.4, 0.5) is 0 Å². The van der Waals surface area contributed by atoms with Crippen molar-refractivity contribution >= 4 is 24.2 Å². The van der Waals surface area contributed by atoms with Crippen LogP contribution in [-0.4, -0.2) is 47.0 Å². The molecule has 3 saturated heterocycles. The number of carbonyl (C=O) groups excluding carboxylic acids is 2. The molecule has 1 aromatic rings. The molecule has 156 valence electrons. The Morgan fingerprint density at radius 1 is 1.39 bits per heavy atom. The quantitative estimate of drug-likeness (QED) is 0.774. The molecule has 4 heterocycles. The smallest absolute Gasteiger partial charge is 0.243 e. The predicted molar refractivity (Wildman–Crippen MR) is 107 cm³/mol. The van der Waals surface area contributed by atoms with Gasteiger partial charge in [0.15, 0.2) is 5.76 Å². The van der Waals surface area contributed by atoms with E-state index >= 15 is 0 Å². The van der Waals surface area contributed by atoms with Gasteiger partial charge in [0.2, 0.25) is 11.8 Å². The Morgan fingerprint density at radius 2 is 2.18 bits per heavy atom. The second-order valence-electron chi connectivity index (χ2n) is 8.72. The Labute approximate surface area is 172 Å². The first-order valence-electron chi connectivity index (χ1n) is 10.3. The zero-order valence-electron chi connectivity index (χ0n) is 16.6. The van der Waals surface area contributed by atoms with E-state index in [4.69, 9.17) is 4.52 Å². The summed E-state index contributed by atoms with van der Waals surface area (Å²) in [6.45, 7) is 6.34. The number of fused-ring (bicyclic) bond motifs is 4. The van der Waals surface area contributed by atoms with E-state index in [1.807, 2.05) is 11.0 Å². The fourth-order valence-electron chi connectivity index (χ4n) is 5.08. The van der Waals surface area contributed by atoms with Crippen LogP contribution in [0.15, 0.2) is 10.6 Å². The molecule has 1 aromatic heterocycles. The lowest BCUT2D eigenvalue weighted by Crippen LogP contribution is -2.67. The first kappa shape index (κ1) is 21.1. The minimum Gasteiger partial charge on any atom is -0.359 e. The molecule has 3 aliphatic rings. The number of halogens is 1. The van der Waals surface area contributed by atoms with E-state index in [0.29, 0.717) is 30.6 Å². The third kappa shape index (κ3) is 4.20. The number of hydrogen-bond acceptors (Lipinski definition) is 5. The highest BCUT2D eigenvalue weighted by atomic mass is 35.5. The highest BCUT2D eigenvalue weighted by Gasteiger charge is 2.50. The second kappa shape index (κ2) is 8.82. The molecule has 0 radical (unpaired) electrons. The fraction of sp³-hybridized carbons (Fsp3) is 0.750. The summed E-state index contributed by atoms with van der Waals surface area (Å²) >= 11 is 0. The Balaban J connectivity index is 0.00000225. The van der Waals surface area contributed by atoms with Gasteiger partial charge in [0, 0.05) is 31.0 Å². The number of carbonyl (C=O) groups is 2. The highest BCUT2D eigenvalue weighted by Crippen LogP contribution is 2.39. The van der Waals surface area contributed by atoms with Crippen molar-refractivity contribution in [3.8, 4) is 0 Å². The summed E-state index contributed by atoms with van der Waals surface area (Å²) in [5.74, 6) is 1.91. The van der Waals surface area contributed by atoms with Crippen LogP contribution in [-0.2, 0) is 22.6 Å². The summed E-state index contributed by atoms with van der Waals surface area (Å²) in [5.41, 5.74) is 0.914. The summed E-state index contributed by atoms with van der Waals surface area (Å²) in [7, 11) is 0. The lowest BCUT2D eigenvalue weighted by molar-refractivity contribution is -0.157. The van der Waals surface area contributed by atoms with Gasteiger partial charge in [-0.15, -0.1) is 12.4 Å². The zero-order valence-corrected chi connectivity index (χ0v) is 17.5. The van der Waals surface area contributed by atoms with E-state index < -0.39 is 0 Å². The van der Waals surface area contributed by atoms with Gasteiger partial charge in [-0.3, -0.25) is 9.59 Å². The average Bonchev–Trinajstić information content (AvgIpc) is 3.08. The lowest BCUT2D eigenvalue weighted by Gasteiger charge is -2.53. The van der Waals surface area contributed by atoms with Gasteiger partial charge < -0.3 is 20.1 Å². The predicted octanol–water partition coefficient (Wildman–Crippen LogP) is 1.90. The Bertz CT molecular complexity index is 707.